The number of anilines is 1. The quantitative estimate of drug-likeness (QED) is 0.497. The minimum Gasteiger partial charge on any atom is -0.493 e. The van der Waals surface area contributed by atoms with Gasteiger partial charge in [-0.1, -0.05) is 13.0 Å². The number of carbonyl (C=O) groups is 1. The normalized spacial score (nSPS) is 25.4. The zero-order valence-corrected chi connectivity index (χ0v) is 19.7. The highest BCUT2D eigenvalue weighted by atomic mass is 19.4. The predicted molar refractivity (Wildman–Crippen MR) is 118 cm³/mol. The monoisotopic (exact) mass is 500 g/mol. The molecule has 2 aromatic rings. The molecular weight excluding hydrogens is 472 g/mol. The van der Waals surface area contributed by atoms with Crippen LogP contribution in [0.15, 0.2) is 30.5 Å². The van der Waals surface area contributed by atoms with Crippen LogP contribution >= 0.6 is 0 Å². The Balaban J connectivity index is 2.02. The van der Waals surface area contributed by atoms with Crippen LogP contribution in [0.2, 0.25) is 0 Å². The number of rotatable bonds is 7. The molecule has 2 heterocycles. The first kappa shape index (κ1) is 26.8. The lowest BCUT2D eigenvalue weighted by atomic mass is 9.76. The lowest BCUT2D eigenvalue weighted by molar-refractivity contribution is -0.272. The number of pyridine rings is 1. The van der Waals surface area contributed by atoms with Crippen molar-refractivity contribution in [2.75, 3.05) is 18.5 Å². The molecule has 1 aromatic carbocycles. The third-order valence-electron chi connectivity index (χ3n) is 6.51. The van der Waals surface area contributed by atoms with Crippen molar-refractivity contribution in [3.8, 4) is 5.75 Å². The van der Waals surface area contributed by atoms with Crippen molar-refractivity contribution in [3.63, 3.8) is 0 Å². The maximum Gasteiger partial charge on any atom is 0.417 e. The van der Waals surface area contributed by atoms with Gasteiger partial charge in [0.25, 0.3) is 5.91 Å². The van der Waals surface area contributed by atoms with Gasteiger partial charge in [0.15, 0.2) is 5.60 Å². The Kier molecular flexibility index (Phi) is 7.73. The van der Waals surface area contributed by atoms with Crippen LogP contribution in [0.3, 0.4) is 0 Å². The van der Waals surface area contributed by atoms with Crippen LogP contribution in [-0.2, 0) is 9.53 Å². The summed E-state index contributed by atoms with van der Waals surface area (Å²) in [5, 5.41) is 21.2. The number of aliphatic hydroxyl groups excluding tert-OH is 2. The Bertz CT molecular complexity index is 1060. The van der Waals surface area contributed by atoms with Crippen molar-refractivity contribution in [2.45, 2.75) is 57.6 Å². The molecule has 3 N–H and O–H groups in total. The summed E-state index contributed by atoms with van der Waals surface area (Å²) in [5.41, 5.74) is -1.98. The molecule has 0 saturated carbocycles. The third-order valence-corrected chi connectivity index (χ3v) is 6.51. The Hall–Kier alpha value is -2.76. The molecule has 1 aliphatic rings. The highest BCUT2D eigenvalue weighted by Gasteiger charge is 2.65. The number of ether oxygens (including phenoxy) is 2. The summed E-state index contributed by atoms with van der Waals surface area (Å²) in [4.78, 5) is 17.2. The van der Waals surface area contributed by atoms with E-state index in [0.717, 1.165) is 13.0 Å². The number of alkyl halides is 3. The average Bonchev–Trinajstić information content (AvgIpc) is 3.09. The maximum atomic E-state index is 14.3. The molecule has 0 spiro atoms. The highest BCUT2D eigenvalue weighted by Crippen LogP contribution is 2.55. The molecule has 1 aliphatic heterocycles. The number of hydrogen-bond acceptors (Lipinski definition) is 6. The molecule has 1 saturated heterocycles. The van der Waals surface area contributed by atoms with Crippen molar-refractivity contribution in [3.05, 3.63) is 53.1 Å². The van der Waals surface area contributed by atoms with Crippen molar-refractivity contribution >= 4 is 11.6 Å². The van der Waals surface area contributed by atoms with Gasteiger partial charge >= 0.3 is 6.18 Å². The average molecular weight is 500 g/mol. The molecule has 3 rings (SSSR count). The molecule has 0 unspecified atom stereocenters. The molecule has 1 amide bonds. The van der Waals surface area contributed by atoms with Crippen molar-refractivity contribution in [1.29, 1.82) is 0 Å². The first-order chi connectivity index (χ1) is 16.4. The number of amides is 1. The first-order valence-corrected chi connectivity index (χ1v) is 11.1. The third kappa shape index (κ3) is 4.98. The molecule has 7 nitrogen and oxygen atoms in total. The number of hydrogen-bond donors (Lipinski definition) is 3. The Morgan fingerprint density at radius 3 is 2.54 bits per heavy atom. The fourth-order valence-electron chi connectivity index (χ4n) is 4.29. The molecule has 0 aliphatic carbocycles. The van der Waals surface area contributed by atoms with Crippen LogP contribution in [0.1, 0.15) is 49.6 Å². The standard InChI is InChI=1S/C24H28F4N2O5/c1-5-34-20-12(2)16(25)8-7-15(20)19-13(3)23(4,24(26,27)28)35-21(19)22(33)30-14-6-9-17(29-10-14)18(32)11-31/h6-10,13,18-19,21,31-32H,5,11H2,1-4H3,(H,30,33)/t13-,18-,19-,21+,23+/m0/s1. The number of carbonyl (C=O) groups excluding carboxylic acids is 1. The van der Waals surface area contributed by atoms with Crippen molar-refractivity contribution in [2.24, 2.45) is 5.92 Å². The van der Waals surface area contributed by atoms with E-state index in [4.69, 9.17) is 14.6 Å². The lowest BCUT2D eigenvalue weighted by Crippen LogP contribution is -2.47. The number of nitrogens with one attached hydrogen (secondary N) is 1. The number of halogens is 4. The fourth-order valence-corrected chi connectivity index (χ4v) is 4.29. The summed E-state index contributed by atoms with van der Waals surface area (Å²) in [6, 6.07) is 5.21. The lowest BCUT2D eigenvalue weighted by Gasteiger charge is -2.32. The van der Waals surface area contributed by atoms with E-state index in [1.54, 1.807) is 6.92 Å². The van der Waals surface area contributed by atoms with E-state index in [1.807, 2.05) is 0 Å². The van der Waals surface area contributed by atoms with Crippen LogP contribution < -0.4 is 10.1 Å². The molecule has 0 bridgehead atoms. The Morgan fingerprint density at radius 1 is 1.31 bits per heavy atom. The van der Waals surface area contributed by atoms with Gasteiger partial charge in [-0.2, -0.15) is 13.2 Å². The molecule has 5 atom stereocenters. The zero-order chi connectivity index (χ0) is 26.1. The van der Waals surface area contributed by atoms with Gasteiger partial charge in [-0.15, -0.1) is 0 Å². The summed E-state index contributed by atoms with van der Waals surface area (Å²) in [7, 11) is 0. The van der Waals surface area contributed by atoms with Gasteiger partial charge in [0.2, 0.25) is 0 Å². The van der Waals surface area contributed by atoms with Crippen LogP contribution in [0.4, 0.5) is 23.2 Å². The molecule has 11 heteroatoms. The van der Waals surface area contributed by atoms with Gasteiger partial charge in [-0.25, -0.2) is 4.39 Å². The molecule has 35 heavy (non-hydrogen) atoms. The van der Waals surface area contributed by atoms with Crippen molar-refractivity contribution < 1.29 is 42.0 Å². The molecule has 192 valence electrons. The molecule has 0 radical (unpaired) electrons. The summed E-state index contributed by atoms with van der Waals surface area (Å²) in [6.45, 7) is 4.94. The second-order valence-corrected chi connectivity index (χ2v) is 8.64. The fraction of sp³-hybridized carbons (Fsp3) is 0.500. The topological polar surface area (TPSA) is 101 Å². The number of aromatic nitrogens is 1. The van der Waals surface area contributed by atoms with E-state index < -0.39 is 54.2 Å². The predicted octanol–water partition coefficient (Wildman–Crippen LogP) is 4.03. The number of nitrogens with zero attached hydrogens (tertiary/aromatic N) is 1. The summed E-state index contributed by atoms with van der Waals surface area (Å²) in [6.07, 6.45) is -6.38. The van der Waals surface area contributed by atoms with Crippen LogP contribution in [0.5, 0.6) is 5.75 Å². The van der Waals surface area contributed by atoms with Gasteiger partial charge in [-0.05, 0) is 39.0 Å². The van der Waals surface area contributed by atoms with Crippen LogP contribution in [0, 0.1) is 18.7 Å². The van der Waals surface area contributed by atoms with E-state index in [-0.39, 0.29) is 34.9 Å². The Labute approximate surface area is 200 Å². The minimum atomic E-state index is -4.79. The van der Waals surface area contributed by atoms with Crippen LogP contribution in [0.25, 0.3) is 0 Å². The van der Waals surface area contributed by atoms with E-state index in [2.05, 4.69) is 10.3 Å². The van der Waals surface area contributed by atoms with Gasteiger partial charge in [0.1, 0.15) is 23.8 Å². The Morgan fingerprint density at radius 2 is 2.00 bits per heavy atom. The number of aliphatic hydroxyl groups is 2. The van der Waals surface area contributed by atoms with Gasteiger partial charge < -0.3 is 25.0 Å². The first-order valence-electron chi connectivity index (χ1n) is 11.1. The second kappa shape index (κ2) is 10.1. The summed E-state index contributed by atoms with van der Waals surface area (Å²) in [5.74, 6) is -3.68. The van der Waals surface area contributed by atoms with Crippen molar-refractivity contribution in [1.82, 2.24) is 4.98 Å². The molecule has 1 fully saturated rings. The second-order valence-electron chi connectivity index (χ2n) is 8.64. The van der Waals surface area contributed by atoms with E-state index in [9.17, 15) is 27.5 Å². The van der Waals surface area contributed by atoms with E-state index >= 15 is 0 Å². The van der Waals surface area contributed by atoms with Gasteiger partial charge in [0, 0.05) is 23.0 Å². The summed E-state index contributed by atoms with van der Waals surface area (Å²) < 4.78 is 67.6. The largest absolute Gasteiger partial charge is 0.493 e. The maximum absolute atomic E-state index is 14.3. The smallest absolute Gasteiger partial charge is 0.417 e. The van der Waals surface area contributed by atoms with Crippen LogP contribution in [-0.4, -0.2) is 52.2 Å². The summed E-state index contributed by atoms with van der Waals surface area (Å²) >= 11 is 0. The molecule has 1 aromatic heterocycles. The minimum absolute atomic E-state index is 0.0844. The molecular formula is C24H28F4N2O5. The number of benzene rings is 1. The van der Waals surface area contributed by atoms with E-state index in [0.29, 0.717) is 0 Å². The zero-order valence-electron chi connectivity index (χ0n) is 19.7. The van der Waals surface area contributed by atoms with E-state index in [1.165, 1.54) is 38.2 Å². The highest BCUT2D eigenvalue weighted by molar-refractivity contribution is 5.95. The SMILES string of the molecule is CCOc1c([C@H]2[C@H](C(=O)Nc3ccc([C@@H](O)CO)nc3)O[C@@](C)(C(F)(F)F)[C@H]2C)ccc(F)c1C. The van der Waals surface area contributed by atoms with Gasteiger partial charge in [0.05, 0.1) is 30.8 Å². The van der Waals surface area contributed by atoms with Gasteiger partial charge in [-0.3, -0.25) is 9.78 Å².